The Bertz CT molecular complexity index is 494. The number of carbonyl (C=O) groups excluding carboxylic acids is 1. The maximum absolute atomic E-state index is 11.7. The summed E-state index contributed by atoms with van der Waals surface area (Å²) in [5, 5.41) is 16.6. The molecule has 1 amide bonds. The van der Waals surface area contributed by atoms with E-state index in [9.17, 15) is 9.90 Å². The van der Waals surface area contributed by atoms with Gasteiger partial charge in [-0.15, -0.1) is 0 Å². The van der Waals surface area contributed by atoms with Crippen LogP contribution in [0.4, 0.5) is 0 Å². The zero-order valence-corrected chi connectivity index (χ0v) is 12.1. The van der Waals surface area contributed by atoms with Gasteiger partial charge in [0, 0.05) is 12.6 Å². The molecule has 0 bridgehead atoms. The van der Waals surface area contributed by atoms with Crippen molar-refractivity contribution in [3.05, 3.63) is 27.7 Å². The fourth-order valence-electron chi connectivity index (χ4n) is 2.50. The first kappa shape index (κ1) is 14.4. The van der Waals surface area contributed by atoms with Gasteiger partial charge in [0.05, 0.1) is 16.1 Å². The molecule has 1 aromatic rings. The highest BCUT2D eigenvalue weighted by molar-refractivity contribution is 6.42. The number of piperidine rings is 1. The van der Waals surface area contributed by atoms with Gasteiger partial charge in [0.2, 0.25) is 5.91 Å². The molecule has 4 nitrogen and oxygen atoms in total. The van der Waals surface area contributed by atoms with Crippen LogP contribution in [0, 0.1) is 0 Å². The first-order chi connectivity index (χ1) is 9.04. The van der Waals surface area contributed by atoms with Gasteiger partial charge in [-0.2, -0.15) is 0 Å². The molecule has 6 heteroatoms. The van der Waals surface area contributed by atoms with Crippen molar-refractivity contribution >= 4 is 29.1 Å². The lowest BCUT2D eigenvalue weighted by atomic mass is 9.85. The van der Waals surface area contributed by atoms with E-state index in [1.807, 2.05) is 0 Å². The van der Waals surface area contributed by atoms with Crippen molar-refractivity contribution in [1.29, 1.82) is 0 Å². The van der Waals surface area contributed by atoms with Crippen LogP contribution in [-0.2, 0) is 4.79 Å². The first-order valence-corrected chi connectivity index (χ1v) is 6.92. The van der Waals surface area contributed by atoms with Gasteiger partial charge in [-0.05, 0) is 37.4 Å². The minimum atomic E-state index is -0.266. The highest BCUT2D eigenvalue weighted by atomic mass is 35.5. The zero-order chi connectivity index (χ0) is 14.0. The van der Waals surface area contributed by atoms with Crippen LogP contribution in [0.5, 0.6) is 5.75 Å². The van der Waals surface area contributed by atoms with Crippen molar-refractivity contribution in [2.75, 3.05) is 13.6 Å². The van der Waals surface area contributed by atoms with Crippen molar-refractivity contribution in [3.63, 3.8) is 0 Å². The number of likely N-dealkylation sites (N-methyl/N-ethyl adjacent to an activating group) is 1. The van der Waals surface area contributed by atoms with Gasteiger partial charge in [-0.3, -0.25) is 4.79 Å². The topological polar surface area (TPSA) is 61.4 Å². The summed E-state index contributed by atoms with van der Waals surface area (Å²) in [5.74, 6) is 0.106. The number of carbonyl (C=O) groups is 1. The molecule has 1 aliphatic heterocycles. The summed E-state index contributed by atoms with van der Waals surface area (Å²) in [6, 6.07) is 2.85. The average molecular weight is 303 g/mol. The quantitative estimate of drug-likeness (QED) is 0.785. The van der Waals surface area contributed by atoms with Crippen LogP contribution in [0.25, 0.3) is 0 Å². The van der Waals surface area contributed by atoms with Crippen LogP contribution in [0.15, 0.2) is 12.1 Å². The maximum atomic E-state index is 11.7. The molecule has 0 aliphatic carbocycles. The second-order valence-corrected chi connectivity index (χ2v) is 5.42. The predicted molar refractivity (Wildman–Crippen MR) is 76.0 cm³/mol. The summed E-state index contributed by atoms with van der Waals surface area (Å²) in [6.07, 6.45) is 1.40. The fraction of sp³-hybridized carbons (Fsp3) is 0.462. The molecular formula is C13H16Cl2N2O2. The molecule has 0 aromatic heterocycles. The number of aromatic hydroxyl groups is 1. The van der Waals surface area contributed by atoms with E-state index in [0.29, 0.717) is 28.6 Å². The summed E-state index contributed by atoms with van der Waals surface area (Å²) >= 11 is 12.2. The second kappa shape index (κ2) is 5.99. The SMILES string of the molecule is CNC(=O)C1CC(c2c(O)ccc(Cl)c2Cl)CCN1. The molecular weight excluding hydrogens is 287 g/mol. The van der Waals surface area contributed by atoms with E-state index in [1.165, 1.54) is 0 Å². The molecule has 2 unspecified atom stereocenters. The van der Waals surface area contributed by atoms with Crippen molar-refractivity contribution in [1.82, 2.24) is 10.6 Å². The highest BCUT2D eigenvalue weighted by Gasteiger charge is 2.30. The molecule has 2 atom stereocenters. The number of phenols is 1. The highest BCUT2D eigenvalue weighted by Crippen LogP contribution is 2.41. The van der Waals surface area contributed by atoms with Crippen LogP contribution < -0.4 is 10.6 Å². The third kappa shape index (κ3) is 2.96. The minimum absolute atomic E-state index is 0.0229. The van der Waals surface area contributed by atoms with Crippen molar-refractivity contribution in [2.45, 2.75) is 24.8 Å². The lowest BCUT2D eigenvalue weighted by Gasteiger charge is -2.30. The maximum Gasteiger partial charge on any atom is 0.236 e. The molecule has 1 aromatic carbocycles. The van der Waals surface area contributed by atoms with Gasteiger partial charge in [-0.1, -0.05) is 23.2 Å². The molecule has 1 saturated heterocycles. The van der Waals surface area contributed by atoms with Gasteiger partial charge in [0.25, 0.3) is 0 Å². The number of benzene rings is 1. The Kier molecular flexibility index (Phi) is 4.55. The molecule has 2 rings (SSSR count). The Morgan fingerprint density at radius 2 is 2.21 bits per heavy atom. The Balaban J connectivity index is 2.27. The molecule has 104 valence electrons. The van der Waals surface area contributed by atoms with E-state index in [2.05, 4.69) is 10.6 Å². The van der Waals surface area contributed by atoms with Crippen molar-refractivity contribution in [3.8, 4) is 5.75 Å². The molecule has 19 heavy (non-hydrogen) atoms. The standard InChI is InChI=1S/C13H16Cl2N2O2/c1-16-13(19)9-6-7(4-5-17-9)11-10(18)3-2-8(14)12(11)15/h2-3,7,9,17-18H,4-6H2,1H3,(H,16,19). The third-order valence-corrected chi connectivity index (χ3v) is 4.30. The number of rotatable bonds is 2. The van der Waals surface area contributed by atoms with Crippen molar-refractivity contribution < 1.29 is 9.90 Å². The molecule has 0 radical (unpaired) electrons. The Hall–Kier alpha value is -0.970. The Morgan fingerprint density at radius 3 is 2.89 bits per heavy atom. The van der Waals surface area contributed by atoms with Crippen LogP contribution in [0.1, 0.15) is 24.3 Å². The largest absolute Gasteiger partial charge is 0.508 e. The van der Waals surface area contributed by atoms with E-state index in [-0.39, 0.29) is 23.6 Å². The van der Waals surface area contributed by atoms with Gasteiger partial charge in [0.15, 0.2) is 0 Å². The number of amides is 1. The molecule has 3 N–H and O–H groups in total. The van der Waals surface area contributed by atoms with Gasteiger partial charge in [0.1, 0.15) is 5.75 Å². The second-order valence-electron chi connectivity index (χ2n) is 4.64. The lowest BCUT2D eigenvalue weighted by molar-refractivity contribution is -0.123. The first-order valence-electron chi connectivity index (χ1n) is 6.16. The number of nitrogens with one attached hydrogen (secondary N) is 2. The number of halogens is 2. The molecule has 0 spiro atoms. The minimum Gasteiger partial charge on any atom is -0.508 e. The number of hydrogen-bond acceptors (Lipinski definition) is 3. The monoisotopic (exact) mass is 302 g/mol. The Labute approximate surface area is 122 Å². The van der Waals surface area contributed by atoms with Crippen LogP contribution >= 0.6 is 23.2 Å². The van der Waals surface area contributed by atoms with E-state index >= 15 is 0 Å². The molecule has 1 aliphatic rings. The normalized spacial score (nSPS) is 23.1. The summed E-state index contributed by atoms with van der Waals surface area (Å²) in [7, 11) is 1.61. The van der Waals surface area contributed by atoms with Gasteiger partial charge < -0.3 is 15.7 Å². The van der Waals surface area contributed by atoms with Gasteiger partial charge >= 0.3 is 0 Å². The zero-order valence-electron chi connectivity index (χ0n) is 10.5. The molecule has 0 saturated carbocycles. The van der Waals surface area contributed by atoms with E-state index < -0.39 is 0 Å². The summed E-state index contributed by atoms with van der Waals surface area (Å²) in [5.41, 5.74) is 0.643. The summed E-state index contributed by atoms with van der Waals surface area (Å²) in [6.45, 7) is 0.699. The van der Waals surface area contributed by atoms with E-state index in [1.54, 1.807) is 19.2 Å². The lowest BCUT2D eigenvalue weighted by Crippen LogP contribution is -2.47. The molecule has 1 fully saturated rings. The Morgan fingerprint density at radius 1 is 1.47 bits per heavy atom. The van der Waals surface area contributed by atoms with Crippen LogP contribution in [-0.4, -0.2) is 30.6 Å². The third-order valence-electron chi connectivity index (χ3n) is 3.48. The van der Waals surface area contributed by atoms with Crippen LogP contribution in [0.3, 0.4) is 0 Å². The van der Waals surface area contributed by atoms with Crippen molar-refractivity contribution in [2.24, 2.45) is 0 Å². The number of hydrogen-bond donors (Lipinski definition) is 3. The summed E-state index contributed by atoms with van der Waals surface area (Å²) in [4.78, 5) is 11.7. The number of phenolic OH excluding ortho intramolecular Hbond substituents is 1. The van der Waals surface area contributed by atoms with Crippen LogP contribution in [0.2, 0.25) is 10.0 Å². The molecule has 1 heterocycles. The van der Waals surface area contributed by atoms with Gasteiger partial charge in [-0.25, -0.2) is 0 Å². The smallest absolute Gasteiger partial charge is 0.236 e. The van der Waals surface area contributed by atoms with E-state index in [0.717, 1.165) is 6.42 Å². The fourth-order valence-corrected chi connectivity index (χ4v) is 2.98. The average Bonchev–Trinajstić information content (AvgIpc) is 2.43. The summed E-state index contributed by atoms with van der Waals surface area (Å²) < 4.78 is 0. The predicted octanol–water partition coefficient (Wildman–Crippen LogP) is 2.28. The van der Waals surface area contributed by atoms with E-state index in [4.69, 9.17) is 23.2 Å².